The third-order valence-electron chi connectivity index (χ3n) is 2.42. The summed E-state index contributed by atoms with van der Waals surface area (Å²) in [5.74, 6) is 0. The minimum absolute atomic E-state index is 0.224. The number of aryl methyl sites for hydroxylation is 2. The average molecular weight is 287 g/mol. The zero-order chi connectivity index (χ0) is 12.3. The lowest BCUT2D eigenvalue weighted by molar-refractivity contribution is 0.611. The molecule has 90 valence electrons. The maximum atomic E-state index is 11.1. The summed E-state index contributed by atoms with van der Waals surface area (Å²) in [5, 5.41) is 1.85. The fourth-order valence-corrected chi connectivity index (χ4v) is 3.58. The predicted molar refractivity (Wildman–Crippen MR) is 71.2 cm³/mol. The van der Waals surface area contributed by atoms with Crippen LogP contribution in [0.5, 0.6) is 0 Å². The molecule has 0 radical (unpaired) electrons. The van der Waals surface area contributed by atoms with Gasteiger partial charge in [-0.25, -0.2) is 8.42 Å². The van der Waals surface area contributed by atoms with Crippen LogP contribution < -0.4 is 0 Å². The summed E-state index contributed by atoms with van der Waals surface area (Å²) in [5.41, 5.74) is 2.26. The van der Waals surface area contributed by atoms with Crippen molar-refractivity contribution in [2.24, 2.45) is 0 Å². The van der Waals surface area contributed by atoms with Crippen molar-refractivity contribution in [2.75, 3.05) is 0 Å². The molecule has 17 heavy (non-hydrogen) atoms. The predicted octanol–water partition coefficient (Wildman–Crippen LogP) is 3.46. The molecule has 2 aromatic rings. The average Bonchev–Trinajstić information content (AvgIpc) is 2.76. The van der Waals surface area contributed by atoms with Crippen molar-refractivity contribution in [3.63, 3.8) is 0 Å². The first kappa shape index (κ1) is 12.6. The SMILES string of the molecule is O=S(=O)(Cl)c1cc(CCc2ccccc2)cs1. The van der Waals surface area contributed by atoms with E-state index in [0.29, 0.717) is 0 Å². The second-order valence-corrected chi connectivity index (χ2v) is 7.40. The minimum Gasteiger partial charge on any atom is -0.206 e. The van der Waals surface area contributed by atoms with Crippen LogP contribution in [0.3, 0.4) is 0 Å². The number of thiophene rings is 1. The molecule has 0 atom stereocenters. The molecule has 0 saturated heterocycles. The molecule has 2 nitrogen and oxygen atoms in total. The van der Waals surface area contributed by atoms with Gasteiger partial charge < -0.3 is 0 Å². The van der Waals surface area contributed by atoms with Gasteiger partial charge in [0.1, 0.15) is 4.21 Å². The summed E-state index contributed by atoms with van der Waals surface area (Å²) in [4.78, 5) is 0. The molecular formula is C12H11ClO2S2. The van der Waals surface area contributed by atoms with Crippen LogP contribution in [0.15, 0.2) is 46.0 Å². The van der Waals surface area contributed by atoms with Crippen LogP contribution in [0.25, 0.3) is 0 Å². The molecule has 0 saturated carbocycles. The van der Waals surface area contributed by atoms with E-state index in [0.717, 1.165) is 18.4 Å². The molecular weight excluding hydrogens is 276 g/mol. The molecule has 0 aliphatic rings. The van der Waals surface area contributed by atoms with Gasteiger partial charge in [-0.2, -0.15) is 0 Å². The Hall–Kier alpha value is -0.840. The van der Waals surface area contributed by atoms with Gasteiger partial charge in [0.05, 0.1) is 0 Å². The molecule has 0 spiro atoms. The highest BCUT2D eigenvalue weighted by Gasteiger charge is 2.12. The van der Waals surface area contributed by atoms with Gasteiger partial charge in [0.25, 0.3) is 9.05 Å². The van der Waals surface area contributed by atoms with Gasteiger partial charge in [-0.15, -0.1) is 11.3 Å². The second-order valence-electron chi connectivity index (χ2n) is 3.70. The summed E-state index contributed by atoms with van der Waals surface area (Å²) < 4.78 is 22.4. The van der Waals surface area contributed by atoms with E-state index in [-0.39, 0.29) is 4.21 Å². The third kappa shape index (κ3) is 3.56. The summed E-state index contributed by atoms with van der Waals surface area (Å²) in [7, 11) is 1.70. The van der Waals surface area contributed by atoms with Crippen molar-refractivity contribution in [3.8, 4) is 0 Å². The van der Waals surface area contributed by atoms with Crippen molar-refractivity contribution in [1.82, 2.24) is 0 Å². The molecule has 1 heterocycles. The van der Waals surface area contributed by atoms with Gasteiger partial charge in [-0.1, -0.05) is 30.3 Å². The Morgan fingerprint density at radius 3 is 2.29 bits per heavy atom. The monoisotopic (exact) mass is 286 g/mol. The first-order valence-corrected chi connectivity index (χ1v) is 8.30. The van der Waals surface area contributed by atoms with Gasteiger partial charge in [0, 0.05) is 10.7 Å². The highest BCUT2D eigenvalue weighted by atomic mass is 35.7. The number of rotatable bonds is 4. The number of hydrogen-bond donors (Lipinski definition) is 0. The van der Waals surface area contributed by atoms with Gasteiger partial charge >= 0.3 is 0 Å². The molecule has 0 aliphatic heterocycles. The second kappa shape index (κ2) is 5.21. The summed E-state index contributed by atoms with van der Waals surface area (Å²) in [6.07, 6.45) is 1.73. The molecule has 0 amide bonds. The summed E-state index contributed by atoms with van der Waals surface area (Å²) in [6.45, 7) is 0. The molecule has 0 aliphatic carbocycles. The van der Waals surface area contributed by atoms with E-state index in [1.807, 2.05) is 23.6 Å². The van der Waals surface area contributed by atoms with E-state index in [1.54, 1.807) is 6.07 Å². The van der Waals surface area contributed by atoms with Gasteiger partial charge in [0.2, 0.25) is 0 Å². The number of hydrogen-bond acceptors (Lipinski definition) is 3. The Balaban J connectivity index is 2.04. The zero-order valence-electron chi connectivity index (χ0n) is 8.97. The summed E-state index contributed by atoms with van der Waals surface area (Å²) >= 11 is 1.17. The van der Waals surface area contributed by atoms with E-state index < -0.39 is 9.05 Å². The van der Waals surface area contributed by atoms with Crippen LogP contribution in [0.1, 0.15) is 11.1 Å². The van der Waals surface area contributed by atoms with Crippen molar-refractivity contribution in [2.45, 2.75) is 17.1 Å². The lowest BCUT2D eigenvalue weighted by Gasteiger charge is -1.98. The van der Waals surface area contributed by atoms with Crippen molar-refractivity contribution in [1.29, 1.82) is 0 Å². The Kier molecular flexibility index (Phi) is 3.86. The largest absolute Gasteiger partial charge is 0.270 e. The molecule has 0 fully saturated rings. The lowest BCUT2D eigenvalue weighted by atomic mass is 10.1. The van der Waals surface area contributed by atoms with E-state index in [1.165, 1.54) is 16.9 Å². The van der Waals surface area contributed by atoms with Gasteiger partial charge in [-0.05, 0) is 35.4 Å². The number of halogens is 1. The van der Waals surface area contributed by atoms with Crippen LogP contribution in [-0.2, 0) is 21.9 Å². The lowest BCUT2D eigenvalue weighted by Crippen LogP contribution is -1.89. The van der Waals surface area contributed by atoms with Crippen LogP contribution in [-0.4, -0.2) is 8.42 Å². The van der Waals surface area contributed by atoms with E-state index in [4.69, 9.17) is 10.7 Å². The number of benzene rings is 1. The standard InChI is InChI=1S/C12H11ClO2S2/c13-17(14,15)12-8-11(9-16-12)7-6-10-4-2-1-3-5-10/h1-5,8-9H,6-7H2. The van der Waals surface area contributed by atoms with E-state index in [9.17, 15) is 8.42 Å². The van der Waals surface area contributed by atoms with Gasteiger partial charge in [-0.3, -0.25) is 0 Å². The van der Waals surface area contributed by atoms with Crippen LogP contribution in [0, 0.1) is 0 Å². The Morgan fingerprint density at radius 1 is 1.06 bits per heavy atom. The van der Waals surface area contributed by atoms with Crippen LogP contribution >= 0.6 is 22.0 Å². The van der Waals surface area contributed by atoms with E-state index in [2.05, 4.69) is 12.1 Å². The van der Waals surface area contributed by atoms with Crippen LogP contribution in [0.2, 0.25) is 0 Å². The first-order valence-electron chi connectivity index (χ1n) is 5.12. The molecule has 0 N–H and O–H groups in total. The molecule has 0 bridgehead atoms. The first-order chi connectivity index (χ1) is 8.05. The Bertz CT molecular complexity index is 588. The van der Waals surface area contributed by atoms with Gasteiger partial charge in [0.15, 0.2) is 0 Å². The zero-order valence-corrected chi connectivity index (χ0v) is 11.4. The van der Waals surface area contributed by atoms with Crippen molar-refractivity contribution in [3.05, 3.63) is 52.9 Å². The highest BCUT2D eigenvalue weighted by molar-refractivity contribution is 8.15. The minimum atomic E-state index is -3.57. The molecule has 5 heteroatoms. The Morgan fingerprint density at radius 2 is 1.71 bits per heavy atom. The van der Waals surface area contributed by atoms with Crippen LogP contribution in [0.4, 0.5) is 0 Å². The van der Waals surface area contributed by atoms with E-state index >= 15 is 0 Å². The topological polar surface area (TPSA) is 34.1 Å². The van der Waals surface area contributed by atoms with Crippen molar-refractivity contribution >= 4 is 31.1 Å². The molecule has 0 unspecified atom stereocenters. The quantitative estimate of drug-likeness (QED) is 0.807. The summed E-state index contributed by atoms with van der Waals surface area (Å²) in [6, 6.07) is 11.7. The molecule has 1 aromatic heterocycles. The maximum absolute atomic E-state index is 11.1. The maximum Gasteiger partial charge on any atom is 0.270 e. The highest BCUT2D eigenvalue weighted by Crippen LogP contribution is 2.24. The fourth-order valence-electron chi connectivity index (χ4n) is 1.55. The van der Waals surface area contributed by atoms with Crippen molar-refractivity contribution < 1.29 is 8.42 Å². The normalized spacial score (nSPS) is 11.6. The third-order valence-corrected chi connectivity index (χ3v) is 5.50. The molecule has 1 aromatic carbocycles. The smallest absolute Gasteiger partial charge is 0.206 e. The Labute approximate surface area is 109 Å². The fraction of sp³-hybridized carbons (Fsp3) is 0.167. The molecule has 2 rings (SSSR count).